The quantitative estimate of drug-likeness (QED) is 0.311. The monoisotopic (exact) mass is 371 g/mol. The third kappa shape index (κ3) is 3.30. The van der Waals surface area contributed by atoms with Gasteiger partial charge >= 0.3 is 0 Å². The van der Waals surface area contributed by atoms with Gasteiger partial charge in [0.05, 0.1) is 0 Å². The number of anilines is 1. The van der Waals surface area contributed by atoms with E-state index in [0.29, 0.717) is 11.1 Å². The van der Waals surface area contributed by atoms with Gasteiger partial charge in [-0.3, -0.25) is 15.6 Å². The number of amides is 1. The van der Waals surface area contributed by atoms with Gasteiger partial charge in [-0.15, -0.1) is 0 Å². The number of oxazole rings is 1. The van der Waals surface area contributed by atoms with E-state index in [2.05, 4.69) is 4.98 Å². The average Bonchev–Trinajstić information content (AvgIpc) is 3.06. The van der Waals surface area contributed by atoms with Crippen molar-refractivity contribution in [3.8, 4) is 0 Å². The second-order valence-electron chi connectivity index (χ2n) is 5.19. The fourth-order valence-corrected chi connectivity index (χ4v) is 2.16. The minimum absolute atomic E-state index is 0.0687. The van der Waals surface area contributed by atoms with E-state index in [1.54, 1.807) is 29.7 Å². The van der Waals surface area contributed by atoms with E-state index in [-0.39, 0.29) is 18.7 Å². The molecule has 0 saturated carbocycles. The first-order valence-corrected chi connectivity index (χ1v) is 7.29. The highest BCUT2D eigenvalue weighted by Gasteiger charge is 2.26. The van der Waals surface area contributed by atoms with Gasteiger partial charge in [0.25, 0.3) is 0 Å². The Hall–Kier alpha value is -3.17. The molecule has 0 atom stereocenters. The number of hydrogen-bond donors (Lipinski definition) is 2. The van der Waals surface area contributed by atoms with Gasteiger partial charge in [-0.05, 0) is 12.1 Å². The van der Waals surface area contributed by atoms with E-state index in [1.165, 1.54) is 0 Å². The van der Waals surface area contributed by atoms with Crippen molar-refractivity contribution in [3.05, 3.63) is 59.2 Å². The molecular formula is C16H10F5N3O2. The van der Waals surface area contributed by atoms with Crippen molar-refractivity contribution in [3.63, 3.8) is 0 Å². The van der Waals surface area contributed by atoms with Gasteiger partial charge in [0.15, 0.2) is 34.7 Å². The normalized spacial score (nSPS) is 11.0. The number of nitrogens with zero attached hydrogens (tertiary/aromatic N) is 1. The number of rotatable bonds is 5. The molecule has 1 amide bonds. The molecule has 0 aliphatic heterocycles. The Kier molecular flexibility index (Phi) is 4.74. The summed E-state index contributed by atoms with van der Waals surface area (Å²) in [6.07, 6.45) is -0.130. The lowest BCUT2D eigenvalue weighted by molar-refractivity contribution is -0.120. The Balaban J connectivity index is 1.62. The summed E-state index contributed by atoms with van der Waals surface area (Å²) in [7, 11) is 0. The Labute approximate surface area is 142 Å². The van der Waals surface area contributed by atoms with Crippen molar-refractivity contribution in [2.45, 2.75) is 12.8 Å². The molecule has 0 unspecified atom stereocenters. The summed E-state index contributed by atoms with van der Waals surface area (Å²) in [6, 6.07) is 6.91. The summed E-state index contributed by atoms with van der Waals surface area (Å²) in [5, 5.41) is 0. The van der Waals surface area contributed by atoms with Crippen molar-refractivity contribution in [2.24, 2.45) is 0 Å². The first kappa shape index (κ1) is 17.6. The Morgan fingerprint density at radius 3 is 2.23 bits per heavy atom. The predicted octanol–water partition coefficient (Wildman–Crippen LogP) is 3.60. The number of aryl methyl sites for hydroxylation is 1. The largest absolute Gasteiger partial charge is 0.441 e. The van der Waals surface area contributed by atoms with Gasteiger partial charge in [-0.1, -0.05) is 12.1 Å². The van der Waals surface area contributed by atoms with E-state index in [1.807, 2.05) is 5.43 Å². The number of hydrazine groups is 1. The van der Waals surface area contributed by atoms with Crippen LogP contribution in [0.1, 0.15) is 12.3 Å². The first-order chi connectivity index (χ1) is 12.4. The van der Waals surface area contributed by atoms with Gasteiger partial charge in [0.1, 0.15) is 11.2 Å². The van der Waals surface area contributed by atoms with Gasteiger partial charge in [0.2, 0.25) is 11.7 Å². The summed E-state index contributed by atoms with van der Waals surface area (Å²) < 4.78 is 71.4. The van der Waals surface area contributed by atoms with Gasteiger partial charge in [0, 0.05) is 12.8 Å². The second-order valence-corrected chi connectivity index (χ2v) is 5.19. The predicted molar refractivity (Wildman–Crippen MR) is 80.3 cm³/mol. The van der Waals surface area contributed by atoms with Crippen molar-refractivity contribution >= 4 is 22.7 Å². The molecule has 0 aliphatic rings. The molecule has 5 nitrogen and oxygen atoms in total. The van der Waals surface area contributed by atoms with Gasteiger partial charge in [-0.25, -0.2) is 26.9 Å². The summed E-state index contributed by atoms with van der Waals surface area (Å²) in [5.41, 5.74) is 3.35. The zero-order chi connectivity index (χ0) is 18.8. The van der Waals surface area contributed by atoms with Crippen molar-refractivity contribution in [1.29, 1.82) is 0 Å². The minimum Gasteiger partial charge on any atom is -0.441 e. The highest BCUT2D eigenvalue weighted by Crippen LogP contribution is 2.26. The maximum Gasteiger partial charge on any atom is 0.238 e. The zero-order valence-electron chi connectivity index (χ0n) is 12.9. The minimum atomic E-state index is -2.28. The maximum absolute atomic E-state index is 13.5. The molecule has 1 aromatic heterocycles. The summed E-state index contributed by atoms with van der Waals surface area (Å²) in [6.45, 7) is 0. The molecule has 2 aromatic carbocycles. The topological polar surface area (TPSA) is 67.2 Å². The Morgan fingerprint density at radius 2 is 1.58 bits per heavy atom. The molecule has 0 saturated heterocycles. The van der Waals surface area contributed by atoms with Crippen molar-refractivity contribution in [2.75, 3.05) is 5.43 Å². The molecule has 0 radical (unpaired) electrons. The number of carbonyl (C=O) groups excluding carboxylic acids is 1. The molecular weight excluding hydrogens is 361 g/mol. The van der Waals surface area contributed by atoms with E-state index in [4.69, 9.17) is 4.42 Å². The van der Waals surface area contributed by atoms with Crippen LogP contribution in [0, 0.1) is 29.1 Å². The summed E-state index contributed by atoms with van der Waals surface area (Å²) in [4.78, 5) is 15.9. The van der Waals surface area contributed by atoms with Crippen LogP contribution in [0.15, 0.2) is 28.7 Å². The number of nitrogens with one attached hydrogen (secondary N) is 2. The molecule has 0 spiro atoms. The lowest BCUT2D eigenvalue weighted by Crippen LogP contribution is -2.31. The van der Waals surface area contributed by atoms with Crippen molar-refractivity contribution in [1.82, 2.24) is 10.4 Å². The molecule has 0 aliphatic carbocycles. The average molecular weight is 371 g/mol. The van der Waals surface area contributed by atoms with E-state index in [0.717, 1.165) is 0 Å². The number of carbonyl (C=O) groups is 1. The third-order valence-electron chi connectivity index (χ3n) is 3.44. The van der Waals surface area contributed by atoms with Crippen LogP contribution in [0.5, 0.6) is 0 Å². The van der Waals surface area contributed by atoms with Crippen LogP contribution in [0.25, 0.3) is 11.1 Å². The number of benzene rings is 2. The molecule has 10 heteroatoms. The van der Waals surface area contributed by atoms with Crippen LogP contribution in [0.2, 0.25) is 0 Å². The van der Waals surface area contributed by atoms with Crippen molar-refractivity contribution < 1.29 is 31.2 Å². The SMILES string of the molecule is O=C(CCc1nc2ccccc2o1)NNc1c(F)c(F)c(F)c(F)c1F. The number of para-hydroxylation sites is 2. The standard InChI is InChI=1S/C16H10F5N3O2/c17-11-12(18)14(20)16(15(21)13(11)19)24-23-9(25)5-6-10-22-7-3-1-2-4-8(7)26-10/h1-4,24H,5-6H2,(H,23,25). The molecule has 0 bridgehead atoms. The lowest BCUT2D eigenvalue weighted by atomic mass is 10.2. The van der Waals surface area contributed by atoms with Crippen LogP contribution in [0.3, 0.4) is 0 Å². The molecule has 3 aromatic rings. The summed E-state index contributed by atoms with van der Waals surface area (Å²) in [5.74, 6) is -11.2. The van der Waals surface area contributed by atoms with E-state index >= 15 is 0 Å². The van der Waals surface area contributed by atoms with Crippen LogP contribution in [0.4, 0.5) is 27.6 Å². The fraction of sp³-hybridized carbons (Fsp3) is 0.125. The van der Waals surface area contributed by atoms with Crippen LogP contribution in [-0.4, -0.2) is 10.9 Å². The fourth-order valence-electron chi connectivity index (χ4n) is 2.16. The van der Waals surface area contributed by atoms with Crippen LogP contribution < -0.4 is 10.9 Å². The zero-order valence-corrected chi connectivity index (χ0v) is 12.9. The second kappa shape index (κ2) is 6.98. The number of fused-ring (bicyclic) bond motifs is 1. The van der Waals surface area contributed by atoms with E-state index in [9.17, 15) is 26.7 Å². The molecule has 1 heterocycles. The Bertz CT molecular complexity index is 927. The molecule has 26 heavy (non-hydrogen) atoms. The van der Waals surface area contributed by atoms with Gasteiger partial charge < -0.3 is 4.42 Å². The number of hydrogen-bond acceptors (Lipinski definition) is 4. The highest BCUT2D eigenvalue weighted by molar-refractivity contribution is 5.78. The molecule has 136 valence electrons. The smallest absolute Gasteiger partial charge is 0.238 e. The lowest BCUT2D eigenvalue weighted by Gasteiger charge is -2.11. The third-order valence-corrected chi connectivity index (χ3v) is 3.44. The molecule has 2 N–H and O–H groups in total. The Morgan fingerprint density at radius 1 is 0.962 bits per heavy atom. The summed E-state index contributed by atoms with van der Waals surface area (Å²) >= 11 is 0. The maximum atomic E-state index is 13.5. The van der Waals surface area contributed by atoms with Gasteiger partial charge in [-0.2, -0.15) is 0 Å². The molecule has 3 rings (SSSR count). The van der Waals surface area contributed by atoms with Crippen LogP contribution >= 0.6 is 0 Å². The highest BCUT2D eigenvalue weighted by atomic mass is 19.2. The van der Waals surface area contributed by atoms with E-state index < -0.39 is 40.7 Å². The first-order valence-electron chi connectivity index (χ1n) is 7.29. The molecule has 0 fully saturated rings. The number of aromatic nitrogens is 1. The number of halogens is 5. The van der Waals surface area contributed by atoms with Crippen LogP contribution in [-0.2, 0) is 11.2 Å².